The number of sulfonamides is 1. The van der Waals surface area contributed by atoms with Gasteiger partial charge in [-0.15, -0.1) is 0 Å². The van der Waals surface area contributed by atoms with Crippen LogP contribution in [0.1, 0.15) is 39.2 Å². The van der Waals surface area contributed by atoms with Crippen LogP contribution in [-0.2, 0) is 10.0 Å². The second-order valence-corrected chi connectivity index (χ2v) is 8.24. The van der Waals surface area contributed by atoms with E-state index in [0.717, 1.165) is 17.6 Å². The lowest BCUT2D eigenvalue weighted by Crippen LogP contribution is -2.29. The van der Waals surface area contributed by atoms with Gasteiger partial charge in [0.2, 0.25) is 10.0 Å². The van der Waals surface area contributed by atoms with Gasteiger partial charge in [0.25, 0.3) is 0 Å². The predicted molar refractivity (Wildman–Crippen MR) is 83.0 cm³/mol. The number of rotatable bonds is 3. The van der Waals surface area contributed by atoms with Gasteiger partial charge >= 0.3 is 0 Å². The van der Waals surface area contributed by atoms with Crippen LogP contribution in [0.2, 0.25) is 0 Å². The van der Waals surface area contributed by atoms with E-state index < -0.39 is 15.6 Å². The summed E-state index contributed by atoms with van der Waals surface area (Å²) in [7, 11) is -3.38. The summed E-state index contributed by atoms with van der Waals surface area (Å²) in [6.07, 6.45) is 3.32. The highest BCUT2D eigenvalue weighted by molar-refractivity contribution is 7.89. The standard InChI is InChI=1S/C15H22N2O3S/c1-15(2,3)17(18)12-13-6-8-14(9-7-13)21(19,20)16-10-4-5-11-16/h6-9,12H,4-5,10-11H2,1-3H3. The Morgan fingerprint density at radius 2 is 1.67 bits per heavy atom. The molecule has 0 aromatic heterocycles. The monoisotopic (exact) mass is 310 g/mol. The van der Waals surface area contributed by atoms with Crippen LogP contribution in [0.25, 0.3) is 0 Å². The van der Waals surface area contributed by atoms with Gasteiger partial charge in [-0.05, 0) is 37.1 Å². The third-order valence-corrected chi connectivity index (χ3v) is 5.42. The molecule has 5 nitrogen and oxygen atoms in total. The highest BCUT2D eigenvalue weighted by atomic mass is 32.2. The molecule has 2 rings (SSSR count). The average molecular weight is 310 g/mol. The molecule has 1 fully saturated rings. The van der Waals surface area contributed by atoms with E-state index in [0.29, 0.717) is 18.7 Å². The summed E-state index contributed by atoms with van der Waals surface area (Å²) in [6.45, 7) is 6.65. The van der Waals surface area contributed by atoms with Crippen LogP contribution in [0.3, 0.4) is 0 Å². The SMILES string of the molecule is CC(C)(C)[N+]([O-])=Cc1ccc(S(=O)(=O)N2CCCC2)cc1. The first-order chi connectivity index (χ1) is 9.71. The van der Waals surface area contributed by atoms with Crippen LogP contribution in [0.15, 0.2) is 29.2 Å². The molecule has 1 aliphatic rings. The highest BCUT2D eigenvalue weighted by Crippen LogP contribution is 2.20. The first kappa shape index (κ1) is 16.0. The van der Waals surface area contributed by atoms with Crippen molar-refractivity contribution in [2.24, 2.45) is 0 Å². The second kappa shape index (κ2) is 5.77. The fraction of sp³-hybridized carbons (Fsp3) is 0.533. The van der Waals surface area contributed by atoms with Crippen LogP contribution in [0.5, 0.6) is 0 Å². The first-order valence-electron chi connectivity index (χ1n) is 7.13. The average Bonchev–Trinajstić information content (AvgIpc) is 2.92. The Labute approximate surface area is 126 Å². The molecule has 0 unspecified atom stereocenters. The van der Waals surface area contributed by atoms with Crippen molar-refractivity contribution in [3.8, 4) is 0 Å². The van der Waals surface area contributed by atoms with Gasteiger partial charge in [-0.3, -0.25) is 0 Å². The topological polar surface area (TPSA) is 63.5 Å². The maximum absolute atomic E-state index is 12.4. The quantitative estimate of drug-likeness (QED) is 0.372. The molecule has 0 saturated carbocycles. The number of hydrogen-bond donors (Lipinski definition) is 0. The lowest BCUT2D eigenvalue weighted by atomic mass is 10.1. The zero-order valence-electron chi connectivity index (χ0n) is 12.7. The Hall–Kier alpha value is -1.40. The molecular weight excluding hydrogens is 288 g/mol. The Morgan fingerprint density at radius 1 is 1.14 bits per heavy atom. The van der Waals surface area contributed by atoms with Crippen LogP contribution in [-0.4, -0.2) is 42.3 Å². The van der Waals surface area contributed by atoms with Crippen molar-refractivity contribution in [1.82, 2.24) is 4.31 Å². The molecule has 116 valence electrons. The van der Waals surface area contributed by atoms with E-state index in [2.05, 4.69) is 0 Å². The maximum atomic E-state index is 12.4. The van der Waals surface area contributed by atoms with Gasteiger partial charge in [0.1, 0.15) is 0 Å². The van der Waals surface area contributed by atoms with Gasteiger partial charge < -0.3 is 5.21 Å². The zero-order chi connectivity index (χ0) is 15.7. The number of hydrogen-bond acceptors (Lipinski definition) is 3. The van der Waals surface area contributed by atoms with Crippen molar-refractivity contribution in [2.45, 2.75) is 44.0 Å². The highest BCUT2D eigenvalue weighted by Gasteiger charge is 2.27. The van der Waals surface area contributed by atoms with E-state index in [9.17, 15) is 13.6 Å². The van der Waals surface area contributed by atoms with Crippen molar-refractivity contribution in [3.63, 3.8) is 0 Å². The maximum Gasteiger partial charge on any atom is 0.243 e. The first-order valence-corrected chi connectivity index (χ1v) is 8.57. The van der Waals surface area contributed by atoms with Crippen molar-refractivity contribution >= 4 is 16.2 Å². The Morgan fingerprint density at radius 3 is 2.14 bits per heavy atom. The molecule has 1 aromatic carbocycles. The van der Waals surface area contributed by atoms with Crippen molar-refractivity contribution in [1.29, 1.82) is 0 Å². The van der Waals surface area contributed by atoms with E-state index in [-0.39, 0.29) is 4.90 Å². The Kier molecular flexibility index (Phi) is 4.39. The molecule has 0 spiro atoms. The van der Waals surface area contributed by atoms with Gasteiger partial charge in [0.15, 0.2) is 11.8 Å². The summed E-state index contributed by atoms with van der Waals surface area (Å²) < 4.78 is 27.1. The smallest absolute Gasteiger partial charge is 0.243 e. The minimum Gasteiger partial charge on any atom is -0.623 e. The van der Waals surface area contributed by atoms with Crippen LogP contribution < -0.4 is 0 Å². The molecule has 1 aliphatic heterocycles. The molecule has 1 heterocycles. The predicted octanol–water partition coefficient (Wildman–Crippen LogP) is 2.20. The second-order valence-electron chi connectivity index (χ2n) is 6.31. The van der Waals surface area contributed by atoms with Crippen molar-refractivity contribution in [2.75, 3.05) is 13.1 Å². The fourth-order valence-corrected chi connectivity index (χ4v) is 3.65. The fourth-order valence-electron chi connectivity index (χ4n) is 2.13. The Balaban J connectivity index is 2.23. The zero-order valence-corrected chi connectivity index (χ0v) is 13.6. The van der Waals surface area contributed by atoms with Crippen LogP contribution in [0.4, 0.5) is 0 Å². The largest absolute Gasteiger partial charge is 0.623 e. The van der Waals surface area contributed by atoms with Crippen LogP contribution in [0, 0.1) is 5.21 Å². The van der Waals surface area contributed by atoms with Gasteiger partial charge in [0.05, 0.1) is 4.90 Å². The summed E-state index contributed by atoms with van der Waals surface area (Å²) in [4.78, 5) is 0.287. The minimum absolute atomic E-state index is 0.287. The number of nitrogens with zero attached hydrogens (tertiary/aromatic N) is 2. The molecule has 0 atom stereocenters. The molecule has 1 saturated heterocycles. The number of benzene rings is 1. The van der Waals surface area contributed by atoms with Gasteiger partial charge in [-0.25, -0.2) is 13.2 Å². The van der Waals surface area contributed by atoms with E-state index in [1.54, 1.807) is 24.3 Å². The van der Waals surface area contributed by atoms with Crippen molar-refractivity contribution < 1.29 is 13.2 Å². The van der Waals surface area contributed by atoms with Gasteiger partial charge in [-0.1, -0.05) is 0 Å². The minimum atomic E-state index is -3.38. The molecule has 6 heteroatoms. The van der Waals surface area contributed by atoms with E-state index in [1.165, 1.54) is 10.5 Å². The molecular formula is C15H22N2O3S. The lowest BCUT2D eigenvalue weighted by molar-refractivity contribution is -0.530. The Bertz CT molecular complexity index is 622. The van der Waals surface area contributed by atoms with Crippen molar-refractivity contribution in [3.05, 3.63) is 35.0 Å². The molecule has 0 aliphatic carbocycles. The summed E-state index contributed by atoms with van der Waals surface area (Å²) in [5.41, 5.74) is 0.181. The molecule has 1 aromatic rings. The van der Waals surface area contributed by atoms with Gasteiger partial charge in [0, 0.05) is 39.4 Å². The molecule has 0 radical (unpaired) electrons. The lowest BCUT2D eigenvalue weighted by Gasteiger charge is -2.18. The summed E-state index contributed by atoms with van der Waals surface area (Å²) >= 11 is 0. The summed E-state index contributed by atoms with van der Waals surface area (Å²) in [5, 5.41) is 11.9. The third-order valence-electron chi connectivity index (χ3n) is 3.51. The van der Waals surface area contributed by atoms with E-state index in [4.69, 9.17) is 0 Å². The molecule has 0 amide bonds. The number of hydroxylamine groups is 1. The summed E-state index contributed by atoms with van der Waals surface area (Å²) in [6, 6.07) is 6.46. The molecule has 0 N–H and O–H groups in total. The summed E-state index contributed by atoms with van der Waals surface area (Å²) in [5.74, 6) is 0. The third kappa shape index (κ3) is 3.63. The van der Waals surface area contributed by atoms with E-state index >= 15 is 0 Å². The van der Waals surface area contributed by atoms with Gasteiger partial charge in [-0.2, -0.15) is 4.31 Å². The molecule has 21 heavy (non-hydrogen) atoms. The van der Waals surface area contributed by atoms with E-state index in [1.807, 2.05) is 20.8 Å². The molecule has 0 bridgehead atoms. The normalized spacial score (nSPS) is 18.1. The van der Waals surface area contributed by atoms with Crippen LogP contribution >= 0.6 is 0 Å².